The molecule has 0 fully saturated rings. The van der Waals surface area contributed by atoms with Gasteiger partial charge in [-0.2, -0.15) is 0 Å². The summed E-state index contributed by atoms with van der Waals surface area (Å²) in [6.45, 7) is 0. The van der Waals surface area contributed by atoms with E-state index in [4.69, 9.17) is 4.42 Å². The average Bonchev–Trinajstić information content (AvgIpc) is 2.34. The van der Waals surface area contributed by atoms with Crippen molar-refractivity contribution in [3.05, 3.63) is 24.2 Å². The minimum atomic E-state index is -3.22. The molecule has 0 aliphatic carbocycles. The van der Waals surface area contributed by atoms with Crippen molar-refractivity contribution >= 4 is 15.6 Å². The number of hydrogen-bond acceptors (Lipinski definition) is 4. The van der Waals surface area contributed by atoms with Gasteiger partial charge in [-0.3, -0.25) is 4.79 Å². The predicted octanol–water partition coefficient (Wildman–Crippen LogP) is 0.436. The van der Waals surface area contributed by atoms with Crippen LogP contribution in [0.1, 0.15) is 5.76 Å². The molecule has 0 bridgehead atoms. The van der Waals surface area contributed by atoms with E-state index in [-0.39, 0.29) is 12.2 Å². The summed E-state index contributed by atoms with van der Waals surface area (Å²) in [6, 6.07) is 3.29. The molecule has 0 radical (unpaired) electrons. The predicted molar refractivity (Wildman–Crippen MR) is 47.1 cm³/mol. The summed E-state index contributed by atoms with van der Waals surface area (Å²) in [5.41, 5.74) is 0. The zero-order chi connectivity index (χ0) is 9.90. The molecule has 0 saturated heterocycles. The van der Waals surface area contributed by atoms with E-state index in [1.54, 1.807) is 12.1 Å². The fourth-order valence-corrected chi connectivity index (χ4v) is 1.64. The number of ketones is 1. The number of sulfone groups is 1. The standard InChI is InChI=1S/C8H10O4S/c1-13(10,11)6-7(9)5-8-3-2-4-12-8/h2-4H,5-6H2,1H3. The SMILES string of the molecule is CS(=O)(=O)CC(=O)Cc1ccco1. The lowest BCUT2D eigenvalue weighted by Crippen LogP contribution is -2.16. The first-order valence-electron chi connectivity index (χ1n) is 3.69. The van der Waals surface area contributed by atoms with Crippen molar-refractivity contribution < 1.29 is 17.6 Å². The summed E-state index contributed by atoms with van der Waals surface area (Å²) in [6.07, 6.45) is 2.52. The second kappa shape index (κ2) is 3.74. The highest BCUT2D eigenvalue weighted by Crippen LogP contribution is 2.02. The van der Waals surface area contributed by atoms with Crippen molar-refractivity contribution in [2.45, 2.75) is 6.42 Å². The van der Waals surface area contributed by atoms with E-state index in [2.05, 4.69) is 0 Å². The van der Waals surface area contributed by atoms with E-state index in [0.717, 1.165) is 6.26 Å². The van der Waals surface area contributed by atoms with Crippen LogP contribution in [0.2, 0.25) is 0 Å². The van der Waals surface area contributed by atoms with Crippen LogP contribution >= 0.6 is 0 Å². The van der Waals surface area contributed by atoms with Crippen molar-refractivity contribution in [1.82, 2.24) is 0 Å². The molecule has 1 heterocycles. The van der Waals surface area contributed by atoms with Crippen LogP contribution < -0.4 is 0 Å². The van der Waals surface area contributed by atoms with Crippen LogP contribution in [0, 0.1) is 0 Å². The van der Waals surface area contributed by atoms with Gasteiger partial charge in [0.15, 0.2) is 15.6 Å². The third-order valence-corrected chi connectivity index (χ3v) is 2.22. The minimum Gasteiger partial charge on any atom is -0.469 e. The molecule has 0 aliphatic heterocycles. The lowest BCUT2D eigenvalue weighted by molar-refractivity contribution is -0.116. The zero-order valence-corrected chi connectivity index (χ0v) is 8.00. The molecule has 1 rings (SSSR count). The molecule has 4 nitrogen and oxygen atoms in total. The molecule has 0 aliphatic rings. The highest BCUT2D eigenvalue weighted by atomic mass is 32.2. The smallest absolute Gasteiger partial charge is 0.155 e. The molecule has 72 valence electrons. The van der Waals surface area contributed by atoms with Gasteiger partial charge in [0.1, 0.15) is 11.5 Å². The lowest BCUT2D eigenvalue weighted by atomic mass is 10.2. The van der Waals surface area contributed by atoms with Crippen LogP contribution in [0.15, 0.2) is 22.8 Å². The first kappa shape index (κ1) is 9.98. The van der Waals surface area contributed by atoms with E-state index in [1.165, 1.54) is 6.26 Å². The summed E-state index contributed by atoms with van der Waals surface area (Å²) in [7, 11) is -3.22. The van der Waals surface area contributed by atoms with E-state index >= 15 is 0 Å². The molecule has 0 aromatic carbocycles. The Hall–Kier alpha value is -1.10. The van der Waals surface area contributed by atoms with Crippen molar-refractivity contribution in [3.8, 4) is 0 Å². The van der Waals surface area contributed by atoms with Gasteiger partial charge in [0, 0.05) is 6.26 Å². The Morgan fingerprint density at radius 1 is 1.54 bits per heavy atom. The zero-order valence-electron chi connectivity index (χ0n) is 7.19. The third kappa shape index (κ3) is 3.89. The van der Waals surface area contributed by atoms with Crippen LogP contribution in [-0.2, 0) is 21.1 Å². The minimum absolute atomic E-state index is 0.0417. The topological polar surface area (TPSA) is 64.3 Å². The molecule has 0 atom stereocenters. The van der Waals surface area contributed by atoms with Gasteiger partial charge >= 0.3 is 0 Å². The lowest BCUT2D eigenvalue weighted by Gasteiger charge is -1.95. The van der Waals surface area contributed by atoms with Gasteiger partial charge in [0.05, 0.1) is 12.7 Å². The number of carbonyl (C=O) groups excluding carboxylic acids is 1. The summed E-state index contributed by atoms with van der Waals surface area (Å²) < 4.78 is 26.3. The molecule has 0 N–H and O–H groups in total. The molecule has 5 heteroatoms. The Balaban J connectivity index is 2.53. The van der Waals surface area contributed by atoms with Crippen molar-refractivity contribution in [1.29, 1.82) is 0 Å². The first-order valence-corrected chi connectivity index (χ1v) is 5.75. The van der Waals surface area contributed by atoms with E-state index in [9.17, 15) is 13.2 Å². The first-order chi connectivity index (χ1) is 5.97. The van der Waals surface area contributed by atoms with Crippen LogP contribution in [0.5, 0.6) is 0 Å². The Bertz CT molecular complexity index is 374. The van der Waals surface area contributed by atoms with Crippen LogP contribution in [0.3, 0.4) is 0 Å². The molecule has 13 heavy (non-hydrogen) atoms. The Morgan fingerprint density at radius 3 is 2.69 bits per heavy atom. The molecule has 0 saturated carbocycles. The summed E-state index contributed by atoms with van der Waals surface area (Å²) in [5.74, 6) is -0.278. The normalized spacial score (nSPS) is 11.5. The Morgan fingerprint density at radius 2 is 2.23 bits per heavy atom. The fraction of sp³-hybridized carbons (Fsp3) is 0.375. The quantitative estimate of drug-likeness (QED) is 0.710. The number of rotatable bonds is 4. The molecule has 1 aromatic heterocycles. The number of hydrogen-bond donors (Lipinski definition) is 0. The van der Waals surface area contributed by atoms with Crippen LogP contribution in [-0.4, -0.2) is 26.2 Å². The van der Waals surface area contributed by atoms with Gasteiger partial charge in [0.2, 0.25) is 0 Å². The third-order valence-electron chi connectivity index (χ3n) is 1.37. The van der Waals surface area contributed by atoms with Crippen LogP contribution in [0.25, 0.3) is 0 Å². The summed E-state index contributed by atoms with van der Waals surface area (Å²) in [5, 5.41) is 0. The highest BCUT2D eigenvalue weighted by molar-refractivity contribution is 7.91. The Labute approximate surface area is 76.5 Å². The van der Waals surface area contributed by atoms with Gasteiger partial charge in [-0.1, -0.05) is 0 Å². The maximum Gasteiger partial charge on any atom is 0.155 e. The second-order valence-electron chi connectivity index (χ2n) is 2.86. The molecule has 1 aromatic rings. The van der Waals surface area contributed by atoms with Crippen molar-refractivity contribution in [2.75, 3.05) is 12.0 Å². The molecule has 0 unspecified atom stereocenters. The molecule has 0 amide bonds. The summed E-state index contributed by atoms with van der Waals surface area (Å²) in [4.78, 5) is 11.1. The van der Waals surface area contributed by atoms with Gasteiger partial charge in [-0.05, 0) is 12.1 Å². The van der Waals surface area contributed by atoms with E-state index < -0.39 is 15.6 Å². The number of carbonyl (C=O) groups is 1. The average molecular weight is 202 g/mol. The van der Waals surface area contributed by atoms with E-state index in [0.29, 0.717) is 5.76 Å². The largest absolute Gasteiger partial charge is 0.469 e. The number of Topliss-reactive ketones (excluding diaryl/α,β-unsaturated/α-hetero) is 1. The monoisotopic (exact) mass is 202 g/mol. The second-order valence-corrected chi connectivity index (χ2v) is 5.01. The summed E-state index contributed by atoms with van der Waals surface area (Å²) >= 11 is 0. The molecule has 0 spiro atoms. The molecular weight excluding hydrogens is 192 g/mol. The van der Waals surface area contributed by atoms with Gasteiger partial charge < -0.3 is 4.42 Å². The van der Waals surface area contributed by atoms with E-state index in [1.807, 2.05) is 0 Å². The van der Waals surface area contributed by atoms with Gasteiger partial charge in [-0.15, -0.1) is 0 Å². The Kier molecular flexibility index (Phi) is 2.87. The maximum atomic E-state index is 11.1. The van der Waals surface area contributed by atoms with Gasteiger partial charge in [-0.25, -0.2) is 8.42 Å². The van der Waals surface area contributed by atoms with Crippen molar-refractivity contribution in [2.24, 2.45) is 0 Å². The number of furan rings is 1. The highest BCUT2D eigenvalue weighted by Gasteiger charge is 2.12. The van der Waals surface area contributed by atoms with Crippen molar-refractivity contribution in [3.63, 3.8) is 0 Å². The van der Waals surface area contributed by atoms with Gasteiger partial charge in [0.25, 0.3) is 0 Å². The molecular formula is C8H10O4S. The van der Waals surface area contributed by atoms with Crippen LogP contribution in [0.4, 0.5) is 0 Å². The fourth-order valence-electron chi connectivity index (χ4n) is 0.951. The maximum absolute atomic E-state index is 11.1.